The summed E-state index contributed by atoms with van der Waals surface area (Å²) in [5, 5.41) is 0. The third-order valence-corrected chi connectivity index (χ3v) is 9.62. The molecule has 1 atom stereocenters. The summed E-state index contributed by atoms with van der Waals surface area (Å²) in [4.78, 5) is 0.569. The zero-order chi connectivity index (χ0) is 22.8. The van der Waals surface area contributed by atoms with Gasteiger partial charge in [0.2, 0.25) is 20.0 Å². The summed E-state index contributed by atoms with van der Waals surface area (Å²) in [6, 6.07) is 10.2. The molecule has 3 rings (SSSR count). The van der Waals surface area contributed by atoms with Crippen molar-refractivity contribution in [1.82, 2.24) is 9.03 Å². The van der Waals surface area contributed by atoms with E-state index in [1.54, 1.807) is 41.6 Å². The van der Waals surface area contributed by atoms with Crippen molar-refractivity contribution in [1.29, 1.82) is 0 Å². The van der Waals surface area contributed by atoms with Crippen LogP contribution in [0, 0.1) is 27.7 Å². The molecular weight excluding hydrogens is 432 g/mol. The predicted molar refractivity (Wildman–Crippen MR) is 123 cm³/mol. The van der Waals surface area contributed by atoms with E-state index in [2.05, 4.69) is 4.72 Å². The Hall–Kier alpha value is -1.74. The van der Waals surface area contributed by atoms with Crippen LogP contribution in [0.1, 0.15) is 47.9 Å². The normalized spacial score (nSPS) is 18.3. The molecule has 1 heterocycles. The minimum Gasteiger partial charge on any atom is -0.211 e. The summed E-state index contributed by atoms with van der Waals surface area (Å²) >= 11 is 0. The van der Waals surface area contributed by atoms with Gasteiger partial charge < -0.3 is 0 Å². The SMILES string of the molecule is Cc1ccc(S(=O)(=O)N2CCCCC2CCNS(=O)(=O)c2cc(C)c(C)cc2C)cc1. The molecule has 1 unspecified atom stereocenters. The molecule has 0 radical (unpaired) electrons. The van der Waals surface area contributed by atoms with Gasteiger partial charge in [-0.3, -0.25) is 0 Å². The second-order valence-electron chi connectivity index (χ2n) is 8.47. The van der Waals surface area contributed by atoms with Crippen molar-refractivity contribution in [2.75, 3.05) is 13.1 Å². The predicted octanol–water partition coefficient (Wildman–Crippen LogP) is 3.83. The van der Waals surface area contributed by atoms with E-state index < -0.39 is 20.0 Å². The molecule has 0 amide bonds. The highest BCUT2D eigenvalue weighted by Crippen LogP contribution is 2.27. The van der Waals surface area contributed by atoms with Gasteiger partial charge in [0.25, 0.3) is 0 Å². The summed E-state index contributed by atoms with van der Waals surface area (Å²) in [6.07, 6.45) is 2.92. The van der Waals surface area contributed by atoms with Gasteiger partial charge in [-0.05, 0) is 81.8 Å². The van der Waals surface area contributed by atoms with E-state index in [9.17, 15) is 16.8 Å². The first-order valence-corrected chi connectivity index (χ1v) is 13.6. The standard InChI is InChI=1S/C23H32N2O4S2/c1-17-8-10-22(11-9-17)31(28,29)25-14-6-5-7-21(25)12-13-24-30(26,27)23-16-19(3)18(2)15-20(23)4/h8-11,15-16,21,24H,5-7,12-14H2,1-4H3. The van der Waals surface area contributed by atoms with Crippen molar-refractivity contribution < 1.29 is 16.8 Å². The molecule has 0 bridgehead atoms. The fraction of sp³-hybridized carbons (Fsp3) is 0.478. The van der Waals surface area contributed by atoms with Crippen LogP contribution >= 0.6 is 0 Å². The number of rotatable bonds is 7. The van der Waals surface area contributed by atoms with Crippen molar-refractivity contribution >= 4 is 20.0 Å². The molecule has 2 aromatic carbocycles. The summed E-state index contributed by atoms with van der Waals surface area (Å²) < 4.78 is 56.3. The van der Waals surface area contributed by atoms with E-state index in [0.717, 1.165) is 36.0 Å². The summed E-state index contributed by atoms with van der Waals surface area (Å²) in [7, 11) is -7.27. The second kappa shape index (κ2) is 9.40. The quantitative estimate of drug-likeness (QED) is 0.675. The highest BCUT2D eigenvalue weighted by Gasteiger charge is 2.33. The van der Waals surface area contributed by atoms with Crippen molar-refractivity contribution in [2.45, 2.75) is 69.2 Å². The number of piperidine rings is 1. The highest BCUT2D eigenvalue weighted by atomic mass is 32.2. The van der Waals surface area contributed by atoms with Gasteiger partial charge in [-0.2, -0.15) is 4.31 Å². The number of hydrogen-bond acceptors (Lipinski definition) is 4. The summed E-state index contributed by atoms with van der Waals surface area (Å²) in [6.45, 7) is 8.21. The molecule has 1 aliphatic rings. The lowest BCUT2D eigenvalue weighted by atomic mass is 10.0. The van der Waals surface area contributed by atoms with Gasteiger partial charge in [0.1, 0.15) is 0 Å². The fourth-order valence-corrected chi connectivity index (χ4v) is 7.17. The Morgan fingerprint density at radius 2 is 1.55 bits per heavy atom. The highest BCUT2D eigenvalue weighted by molar-refractivity contribution is 7.89. The smallest absolute Gasteiger partial charge is 0.211 e. The van der Waals surface area contributed by atoms with Gasteiger partial charge in [0.15, 0.2) is 0 Å². The summed E-state index contributed by atoms with van der Waals surface area (Å²) in [5.41, 5.74) is 3.69. The Balaban J connectivity index is 1.72. The van der Waals surface area contributed by atoms with Crippen molar-refractivity contribution in [3.8, 4) is 0 Å². The minimum atomic E-state index is -3.66. The van der Waals surface area contributed by atoms with E-state index in [1.165, 1.54) is 0 Å². The average Bonchev–Trinajstić information content (AvgIpc) is 2.71. The van der Waals surface area contributed by atoms with Crippen LogP contribution < -0.4 is 4.72 Å². The van der Waals surface area contributed by atoms with Gasteiger partial charge in [0.05, 0.1) is 9.79 Å². The van der Waals surface area contributed by atoms with Crippen LogP contribution in [0.25, 0.3) is 0 Å². The van der Waals surface area contributed by atoms with Crippen LogP contribution in [0.5, 0.6) is 0 Å². The van der Waals surface area contributed by atoms with E-state index in [-0.39, 0.29) is 22.4 Å². The Morgan fingerprint density at radius 1 is 0.903 bits per heavy atom. The van der Waals surface area contributed by atoms with Gasteiger partial charge in [-0.15, -0.1) is 0 Å². The lowest BCUT2D eigenvalue weighted by Crippen LogP contribution is -2.45. The minimum absolute atomic E-state index is 0.194. The molecule has 1 N–H and O–H groups in total. The van der Waals surface area contributed by atoms with E-state index in [4.69, 9.17) is 0 Å². The maximum absolute atomic E-state index is 13.2. The van der Waals surface area contributed by atoms with Gasteiger partial charge in [0, 0.05) is 19.1 Å². The number of hydrogen-bond donors (Lipinski definition) is 1. The molecule has 6 nitrogen and oxygen atoms in total. The number of benzene rings is 2. The third kappa shape index (κ3) is 5.37. The molecule has 1 aliphatic heterocycles. The topological polar surface area (TPSA) is 83.6 Å². The number of nitrogens with one attached hydrogen (secondary N) is 1. The lowest BCUT2D eigenvalue weighted by molar-refractivity contribution is 0.242. The van der Waals surface area contributed by atoms with Crippen LogP contribution in [-0.4, -0.2) is 40.3 Å². The molecule has 0 saturated carbocycles. The van der Waals surface area contributed by atoms with Crippen molar-refractivity contribution in [3.63, 3.8) is 0 Å². The van der Waals surface area contributed by atoms with Crippen molar-refractivity contribution in [3.05, 3.63) is 58.7 Å². The summed E-state index contributed by atoms with van der Waals surface area (Å²) in [5.74, 6) is 0. The Kier molecular flexibility index (Phi) is 7.25. The average molecular weight is 465 g/mol. The Labute approximate surface area is 186 Å². The molecule has 0 aromatic heterocycles. The van der Waals surface area contributed by atoms with E-state index in [1.807, 2.05) is 26.8 Å². The van der Waals surface area contributed by atoms with Crippen LogP contribution in [-0.2, 0) is 20.0 Å². The zero-order valence-corrected chi connectivity index (χ0v) is 20.3. The number of nitrogens with zero attached hydrogens (tertiary/aromatic N) is 1. The zero-order valence-electron chi connectivity index (χ0n) is 18.7. The monoisotopic (exact) mass is 464 g/mol. The molecule has 31 heavy (non-hydrogen) atoms. The second-order valence-corrected chi connectivity index (χ2v) is 12.1. The van der Waals surface area contributed by atoms with Gasteiger partial charge in [-0.25, -0.2) is 21.6 Å². The lowest BCUT2D eigenvalue weighted by Gasteiger charge is -2.34. The third-order valence-electron chi connectivity index (χ3n) is 6.05. The van der Waals surface area contributed by atoms with Gasteiger partial charge in [-0.1, -0.05) is 30.2 Å². The first-order chi connectivity index (χ1) is 14.5. The van der Waals surface area contributed by atoms with Gasteiger partial charge >= 0.3 is 0 Å². The first-order valence-electron chi connectivity index (χ1n) is 10.7. The number of sulfonamides is 2. The molecule has 8 heteroatoms. The van der Waals surface area contributed by atoms with Crippen LogP contribution in [0.4, 0.5) is 0 Å². The Bertz CT molecular complexity index is 1140. The number of aryl methyl sites for hydroxylation is 4. The van der Waals surface area contributed by atoms with Crippen LogP contribution in [0.3, 0.4) is 0 Å². The fourth-order valence-electron chi connectivity index (χ4n) is 4.09. The maximum Gasteiger partial charge on any atom is 0.243 e. The van der Waals surface area contributed by atoms with Crippen LogP contribution in [0.15, 0.2) is 46.2 Å². The first kappa shape index (κ1) is 23.9. The molecule has 2 aromatic rings. The maximum atomic E-state index is 13.2. The Morgan fingerprint density at radius 3 is 2.23 bits per heavy atom. The van der Waals surface area contributed by atoms with E-state index >= 15 is 0 Å². The van der Waals surface area contributed by atoms with E-state index in [0.29, 0.717) is 18.5 Å². The molecule has 170 valence electrons. The molecule has 1 saturated heterocycles. The molecule has 0 spiro atoms. The van der Waals surface area contributed by atoms with Crippen molar-refractivity contribution in [2.24, 2.45) is 0 Å². The largest absolute Gasteiger partial charge is 0.243 e. The molecule has 0 aliphatic carbocycles. The van der Waals surface area contributed by atoms with Crippen LogP contribution in [0.2, 0.25) is 0 Å². The molecular formula is C23H32N2O4S2. The molecule has 1 fully saturated rings.